The lowest BCUT2D eigenvalue weighted by Crippen LogP contribution is -2.25. The minimum Gasteiger partial charge on any atom is -0.461 e. The molecule has 35 heavy (non-hydrogen) atoms. The smallest absolute Gasteiger partial charge is 0.356 e. The summed E-state index contributed by atoms with van der Waals surface area (Å²) < 4.78 is 27.5. The van der Waals surface area contributed by atoms with Gasteiger partial charge in [-0.2, -0.15) is 0 Å². The summed E-state index contributed by atoms with van der Waals surface area (Å²) in [6.45, 7) is 10.5. The molecule has 0 amide bonds. The number of nitrogens with zero attached hydrogens (tertiary/aromatic N) is 1. The van der Waals surface area contributed by atoms with Crippen molar-refractivity contribution in [2.24, 2.45) is 0 Å². The lowest BCUT2D eigenvalue weighted by atomic mass is 10.2. The predicted octanol–water partition coefficient (Wildman–Crippen LogP) is 5.70. The molecule has 0 fully saturated rings. The van der Waals surface area contributed by atoms with Gasteiger partial charge < -0.3 is 9.26 Å². The molecule has 0 aliphatic carbocycles. The van der Waals surface area contributed by atoms with E-state index in [9.17, 15) is 9.00 Å². The third-order valence-electron chi connectivity index (χ3n) is 5.54. The Morgan fingerprint density at radius 2 is 1.57 bits per heavy atom. The summed E-state index contributed by atoms with van der Waals surface area (Å²) in [6.07, 6.45) is 0. The maximum Gasteiger partial charge on any atom is 0.356 e. The van der Waals surface area contributed by atoms with Crippen LogP contribution in [0, 0.1) is 20.8 Å². The van der Waals surface area contributed by atoms with E-state index in [1.165, 1.54) is 0 Å². The third-order valence-corrected chi connectivity index (χ3v) is 9.02. The van der Waals surface area contributed by atoms with Crippen LogP contribution < -0.4 is 10.6 Å². The van der Waals surface area contributed by atoms with Crippen molar-refractivity contribution in [1.29, 1.82) is 0 Å². The lowest BCUT2D eigenvalue weighted by Gasteiger charge is -2.20. The Hall–Kier alpha value is -2.79. The van der Waals surface area contributed by atoms with Crippen LogP contribution in [0.1, 0.15) is 41.0 Å². The first-order valence-corrected chi connectivity index (χ1v) is 14.0. The highest BCUT2D eigenvalue weighted by molar-refractivity contribution is 7.84. The second-order valence-corrected chi connectivity index (χ2v) is 11.5. The summed E-state index contributed by atoms with van der Waals surface area (Å²) >= 11 is 0. The maximum absolute atomic E-state index is 13.9. The molecule has 4 aromatic rings. The van der Waals surface area contributed by atoms with E-state index >= 15 is 0 Å². The number of hydrogen-bond acceptors (Lipinski definition) is 4. The van der Waals surface area contributed by atoms with Gasteiger partial charge >= 0.3 is 5.97 Å². The minimum atomic E-state index is -1.66. The monoisotopic (exact) mass is 507 g/mol. The van der Waals surface area contributed by atoms with Crippen LogP contribution in [-0.2, 0) is 20.2 Å². The average molecular weight is 508 g/mol. The molecule has 182 valence electrons. The second-order valence-electron chi connectivity index (χ2n) is 8.35. The molecule has 0 aliphatic heterocycles. The van der Waals surface area contributed by atoms with Crippen molar-refractivity contribution in [3.05, 3.63) is 89.1 Å². The third kappa shape index (κ3) is 5.11. The fourth-order valence-corrected chi connectivity index (χ4v) is 7.78. The highest BCUT2D eigenvalue weighted by atomic mass is 32.2. The van der Waals surface area contributed by atoms with Gasteiger partial charge in [0.05, 0.1) is 25.2 Å². The fourth-order valence-electron chi connectivity index (χ4n) is 4.23. The fraction of sp³-hybridized carbons (Fsp3) is 0.250. The van der Waals surface area contributed by atoms with Crippen LogP contribution in [0.5, 0.6) is 0 Å². The zero-order valence-corrected chi connectivity index (χ0v) is 22.4. The number of ether oxygens (including phenoxy) is 1. The molecule has 0 bridgehead atoms. The average Bonchev–Trinajstić information content (AvgIpc) is 3.16. The highest BCUT2D eigenvalue weighted by Crippen LogP contribution is 2.41. The first kappa shape index (κ1) is 25.3. The molecule has 0 spiro atoms. The number of fused-ring (bicyclic) bond motifs is 1. The van der Waals surface area contributed by atoms with E-state index in [2.05, 4.69) is 32.0 Å². The molecule has 0 aliphatic rings. The molecule has 0 saturated heterocycles. The Morgan fingerprint density at radius 3 is 2.20 bits per heavy atom. The van der Waals surface area contributed by atoms with Crippen LogP contribution in [0.2, 0.25) is 0 Å². The van der Waals surface area contributed by atoms with Crippen molar-refractivity contribution in [2.75, 3.05) is 13.2 Å². The van der Waals surface area contributed by atoms with Gasteiger partial charge in [-0.15, -0.1) is 0 Å². The maximum atomic E-state index is 13.9. The molecule has 1 aromatic heterocycles. The predicted molar refractivity (Wildman–Crippen MR) is 145 cm³/mol. The van der Waals surface area contributed by atoms with Gasteiger partial charge in [0.15, 0.2) is 16.7 Å². The quantitative estimate of drug-likeness (QED) is 0.227. The molecule has 0 saturated carbocycles. The zero-order valence-electron chi connectivity index (χ0n) is 20.7. The van der Waals surface area contributed by atoms with Gasteiger partial charge in [-0.25, -0.2) is 13.0 Å². The van der Waals surface area contributed by atoms with Gasteiger partial charge in [-0.05, 0) is 71.0 Å². The molecule has 2 unspecified atom stereocenters. The Kier molecular flexibility index (Phi) is 7.85. The van der Waals surface area contributed by atoms with Crippen LogP contribution >= 0.6 is 8.15 Å². The molecule has 5 nitrogen and oxygen atoms in total. The van der Waals surface area contributed by atoms with Crippen molar-refractivity contribution >= 4 is 46.6 Å². The van der Waals surface area contributed by atoms with E-state index in [4.69, 9.17) is 9.26 Å². The van der Waals surface area contributed by atoms with E-state index < -0.39 is 25.1 Å². The summed E-state index contributed by atoms with van der Waals surface area (Å²) in [7, 11) is -3.05. The topological polar surface area (TPSA) is 57.5 Å². The molecule has 4 rings (SSSR count). The number of hydrogen-bond donors (Lipinski definition) is 0. The number of aryl methyl sites for hydroxylation is 3. The molecule has 1 heterocycles. The molecular weight excluding hydrogens is 477 g/mol. The van der Waals surface area contributed by atoms with Gasteiger partial charge in [0, 0.05) is 22.6 Å². The Morgan fingerprint density at radius 1 is 0.886 bits per heavy atom. The number of aromatic nitrogens is 1. The largest absolute Gasteiger partial charge is 0.461 e. The van der Waals surface area contributed by atoms with Gasteiger partial charge in [-0.3, -0.25) is 0 Å². The number of esters is 1. The van der Waals surface area contributed by atoms with Gasteiger partial charge in [-0.1, -0.05) is 47.0 Å². The van der Waals surface area contributed by atoms with Crippen LogP contribution in [0.3, 0.4) is 0 Å². The first-order chi connectivity index (χ1) is 16.8. The van der Waals surface area contributed by atoms with Crippen molar-refractivity contribution in [2.45, 2.75) is 39.5 Å². The minimum absolute atomic E-state index is 0.215. The number of carbonyl (C=O) groups is 1. The molecular formula is C28H30NO4PS. The van der Waals surface area contributed by atoms with Gasteiger partial charge in [0.25, 0.3) is 0 Å². The van der Waals surface area contributed by atoms with E-state index in [0.717, 1.165) is 32.7 Å². The summed E-state index contributed by atoms with van der Waals surface area (Å²) in [4.78, 5) is 14.1. The molecule has 2 atom stereocenters. The van der Waals surface area contributed by atoms with Crippen LogP contribution in [0.4, 0.5) is 0 Å². The van der Waals surface area contributed by atoms with Crippen LogP contribution in [0.15, 0.2) is 71.6 Å². The molecule has 0 N–H and O–H groups in total. The number of carbonyl (C=O) groups excluding carboxylic acids is 1. The summed E-state index contributed by atoms with van der Waals surface area (Å²) in [6, 6.07) is 21.5. The van der Waals surface area contributed by atoms with Crippen molar-refractivity contribution in [3.63, 3.8) is 0 Å². The van der Waals surface area contributed by atoms with E-state index in [0.29, 0.717) is 17.0 Å². The van der Waals surface area contributed by atoms with Crippen LogP contribution in [-0.4, -0.2) is 27.4 Å². The molecule has 3 aromatic carbocycles. The lowest BCUT2D eigenvalue weighted by molar-refractivity contribution is 0.0520. The summed E-state index contributed by atoms with van der Waals surface area (Å²) in [5.41, 5.74) is 4.29. The first-order valence-electron chi connectivity index (χ1n) is 11.7. The summed E-state index contributed by atoms with van der Waals surface area (Å²) in [5.74, 6) is -0.503. The zero-order chi connectivity index (χ0) is 25.1. The van der Waals surface area contributed by atoms with E-state index in [1.54, 1.807) is 23.0 Å². The SMILES string of the molecule is CCOC(=O)c1c(P(OCC)c2cc(C)cc(C)c2)c2cc(C)ccc2n1S(=O)c1ccccc1. The van der Waals surface area contributed by atoms with Crippen molar-refractivity contribution in [1.82, 2.24) is 3.97 Å². The standard InChI is InChI=1S/C28H30NO4PS/c1-6-32-28(30)26-27(34(33-7-2)22-16-20(4)15-21(5)17-22)24-18-19(3)13-14-25(24)29(26)35(31)23-11-9-8-10-12-23/h8-18H,6-7H2,1-5H3. The highest BCUT2D eigenvalue weighted by Gasteiger charge is 2.33. The Balaban J connectivity index is 2.10. The second kappa shape index (κ2) is 10.9. The normalized spacial score (nSPS) is 13.1. The van der Waals surface area contributed by atoms with E-state index in [1.807, 2.05) is 50.2 Å². The Bertz CT molecular complexity index is 1380. The Labute approximate surface area is 210 Å². The summed E-state index contributed by atoms with van der Waals surface area (Å²) in [5, 5.41) is 2.61. The molecule has 0 radical (unpaired) electrons. The van der Waals surface area contributed by atoms with E-state index in [-0.39, 0.29) is 12.3 Å². The van der Waals surface area contributed by atoms with Gasteiger partial charge in [0.1, 0.15) is 0 Å². The molecule has 7 heteroatoms. The van der Waals surface area contributed by atoms with Crippen LogP contribution in [0.25, 0.3) is 10.9 Å². The van der Waals surface area contributed by atoms with Crippen molar-refractivity contribution in [3.8, 4) is 0 Å². The number of rotatable bonds is 8. The van der Waals surface area contributed by atoms with Crippen molar-refractivity contribution < 1.29 is 18.3 Å². The van der Waals surface area contributed by atoms with Gasteiger partial charge in [0.2, 0.25) is 0 Å². The number of benzene rings is 3.